The van der Waals surface area contributed by atoms with Crippen LogP contribution in [0.15, 0.2) is 12.1 Å². The van der Waals surface area contributed by atoms with Crippen molar-refractivity contribution in [2.45, 2.75) is 20.5 Å². The Balaban J connectivity index is 2.59. The highest BCUT2D eigenvalue weighted by molar-refractivity contribution is 5.97. The summed E-state index contributed by atoms with van der Waals surface area (Å²) < 4.78 is 10.5. The number of hydrogen-bond donors (Lipinski definition) is 0. The summed E-state index contributed by atoms with van der Waals surface area (Å²) >= 11 is 0. The van der Waals surface area contributed by atoms with E-state index in [1.54, 1.807) is 6.92 Å². The first-order valence-electron chi connectivity index (χ1n) is 4.54. The van der Waals surface area contributed by atoms with Crippen molar-refractivity contribution in [3.63, 3.8) is 0 Å². The van der Waals surface area contributed by atoms with E-state index in [2.05, 4.69) is 0 Å². The van der Waals surface area contributed by atoms with Crippen molar-refractivity contribution in [2.75, 3.05) is 6.79 Å². The number of benzene rings is 1. The SMILES string of the molecule is CC(=O)c1ccc(C)c2c1OCOC2. The Kier molecular flexibility index (Phi) is 2.25. The minimum absolute atomic E-state index is 0.0307. The van der Waals surface area contributed by atoms with E-state index in [-0.39, 0.29) is 12.6 Å². The molecule has 2 rings (SSSR count). The van der Waals surface area contributed by atoms with Crippen molar-refractivity contribution in [1.29, 1.82) is 0 Å². The first-order valence-corrected chi connectivity index (χ1v) is 4.54. The fraction of sp³-hybridized carbons (Fsp3) is 0.364. The second-order valence-electron chi connectivity index (χ2n) is 3.40. The van der Waals surface area contributed by atoms with E-state index in [9.17, 15) is 4.79 Å². The second-order valence-corrected chi connectivity index (χ2v) is 3.40. The van der Waals surface area contributed by atoms with Gasteiger partial charge in [-0.1, -0.05) is 6.07 Å². The minimum atomic E-state index is 0.0307. The number of ether oxygens (including phenoxy) is 2. The Labute approximate surface area is 82.6 Å². The van der Waals surface area contributed by atoms with E-state index in [0.29, 0.717) is 17.9 Å². The maximum atomic E-state index is 11.3. The molecule has 0 atom stereocenters. The van der Waals surface area contributed by atoms with E-state index in [4.69, 9.17) is 9.47 Å². The molecule has 0 bridgehead atoms. The number of carbonyl (C=O) groups excluding carboxylic acids is 1. The summed E-state index contributed by atoms with van der Waals surface area (Å²) in [6.07, 6.45) is 0. The lowest BCUT2D eigenvalue weighted by Gasteiger charge is -2.21. The molecule has 1 aromatic carbocycles. The van der Waals surface area contributed by atoms with E-state index in [1.807, 2.05) is 19.1 Å². The third kappa shape index (κ3) is 1.40. The zero-order valence-corrected chi connectivity index (χ0v) is 8.29. The molecule has 0 fully saturated rings. The Morgan fingerprint density at radius 1 is 1.43 bits per heavy atom. The number of hydrogen-bond acceptors (Lipinski definition) is 3. The molecule has 0 saturated carbocycles. The summed E-state index contributed by atoms with van der Waals surface area (Å²) in [5, 5.41) is 0. The maximum Gasteiger partial charge on any atom is 0.189 e. The van der Waals surface area contributed by atoms with Gasteiger partial charge in [-0.25, -0.2) is 0 Å². The molecule has 14 heavy (non-hydrogen) atoms. The van der Waals surface area contributed by atoms with Crippen LogP contribution in [0.1, 0.15) is 28.4 Å². The molecule has 3 nitrogen and oxygen atoms in total. The highest BCUT2D eigenvalue weighted by Crippen LogP contribution is 2.30. The van der Waals surface area contributed by atoms with Crippen LogP contribution in [0.4, 0.5) is 0 Å². The second kappa shape index (κ2) is 3.42. The van der Waals surface area contributed by atoms with Gasteiger partial charge in [0.25, 0.3) is 0 Å². The molecule has 0 aromatic heterocycles. The van der Waals surface area contributed by atoms with E-state index in [0.717, 1.165) is 11.1 Å². The first-order chi connectivity index (χ1) is 6.70. The molecule has 74 valence electrons. The Morgan fingerprint density at radius 2 is 2.21 bits per heavy atom. The molecular formula is C11H12O3. The van der Waals surface area contributed by atoms with E-state index in [1.165, 1.54) is 0 Å². The van der Waals surface area contributed by atoms with Gasteiger partial charge < -0.3 is 9.47 Å². The van der Waals surface area contributed by atoms with Gasteiger partial charge in [-0.15, -0.1) is 0 Å². The molecule has 0 radical (unpaired) electrons. The molecule has 3 heteroatoms. The number of aryl methyl sites for hydroxylation is 1. The normalized spacial score (nSPS) is 14.4. The Morgan fingerprint density at radius 3 is 2.93 bits per heavy atom. The summed E-state index contributed by atoms with van der Waals surface area (Å²) in [5.74, 6) is 0.729. The van der Waals surface area contributed by atoms with Crippen molar-refractivity contribution >= 4 is 5.78 Å². The molecule has 0 N–H and O–H groups in total. The zero-order chi connectivity index (χ0) is 10.1. The molecule has 1 heterocycles. The standard InChI is InChI=1S/C11H12O3/c1-7-3-4-9(8(2)12)11-10(7)5-13-6-14-11/h3-4H,5-6H2,1-2H3. The van der Waals surface area contributed by atoms with Crippen molar-refractivity contribution in [1.82, 2.24) is 0 Å². The summed E-state index contributed by atoms with van der Waals surface area (Å²) in [6, 6.07) is 3.73. The van der Waals surface area contributed by atoms with Gasteiger partial charge in [0.05, 0.1) is 12.2 Å². The minimum Gasteiger partial charge on any atom is -0.466 e. The van der Waals surface area contributed by atoms with Gasteiger partial charge in [0, 0.05) is 5.56 Å². The highest BCUT2D eigenvalue weighted by atomic mass is 16.7. The van der Waals surface area contributed by atoms with Gasteiger partial charge in [-0.3, -0.25) is 4.79 Å². The van der Waals surface area contributed by atoms with Crippen molar-refractivity contribution in [2.24, 2.45) is 0 Å². The van der Waals surface area contributed by atoms with Crippen molar-refractivity contribution in [3.05, 3.63) is 28.8 Å². The molecule has 0 unspecified atom stereocenters. The van der Waals surface area contributed by atoms with Crippen LogP contribution in [0.2, 0.25) is 0 Å². The lowest BCUT2D eigenvalue weighted by molar-refractivity contribution is -0.0171. The monoisotopic (exact) mass is 192 g/mol. The first kappa shape index (κ1) is 9.21. The lowest BCUT2D eigenvalue weighted by Crippen LogP contribution is -2.15. The molecule has 0 aliphatic carbocycles. The van der Waals surface area contributed by atoms with Crippen LogP contribution in [-0.4, -0.2) is 12.6 Å². The van der Waals surface area contributed by atoms with Gasteiger partial charge in [0.15, 0.2) is 12.6 Å². The predicted molar refractivity (Wildman–Crippen MR) is 51.5 cm³/mol. The fourth-order valence-electron chi connectivity index (χ4n) is 1.59. The largest absolute Gasteiger partial charge is 0.466 e. The third-order valence-corrected chi connectivity index (χ3v) is 2.41. The topological polar surface area (TPSA) is 35.5 Å². The molecular weight excluding hydrogens is 180 g/mol. The number of fused-ring (bicyclic) bond motifs is 1. The van der Waals surface area contributed by atoms with Crippen LogP contribution >= 0.6 is 0 Å². The summed E-state index contributed by atoms with van der Waals surface area (Å²) in [4.78, 5) is 11.3. The zero-order valence-electron chi connectivity index (χ0n) is 8.29. The van der Waals surface area contributed by atoms with E-state index >= 15 is 0 Å². The van der Waals surface area contributed by atoms with Gasteiger partial charge in [-0.2, -0.15) is 0 Å². The Hall–Kier alpha value is -1.35. The smallest absolute Gasteiger partial charge is 0.189 e. The lowest BCUT2D eigenvalue weighted by atomic mass is 10.0. The Bertz CT molecular complexity index is 382. The summed E-state index contributed by atoms with van der Waals surface area (Å²) in [5.41, 5.74) is 2.74. The van der Waals surface area contributed by atoms with Crippen molar-refractivity contribution in [3.8, 4) is 5.75 Å². The molecule has 1 aromatic rings. The van der Waals surface area contributed by atoms with Gasteiger partial charge >= 0.3 is 0 Å². The van der Waals surface area contributed by atoms with Crippen LogP contribution in [0.25, 0.3) is 0 Å². The summed E-state index contributed by atoms with van der Waals surface area (Å²) in [6.45, 7) is 4.30. The average Bonchev–Trinajstić information content (AvgIpc) is 2.18. The quantitative estimate of drug-likeness (QED) is 0.639. The molecule has 0 amide bonds. The maximum absolute atomic E-state index is 11.3. The number of ketones is 1. The number of rotatable bonds is 1. The predicted octanol–water partition coefficient (Wildman–Crippen LogP) is 2.06. The van der Waals surface area contributed by atoms with Crippen LogP contribution in [0.5, 0.6) is 5.75 Å². The van der Waals surface area contributed by atoms with Crippen molar-refractivity contribution < 1.29 is 14.3 Å². The molecule has 0 spiro atoms. The van der Waals surface area contributed by atoms with Crippen LogP contribution < -0.4 is 4.74 Å². The highest BCUT2D eigenvalue weighted by Gasteiger charge is 2.18. The molecule has 1 aliphatic heterocycles. The molecule has 0 saturated heterocycles. The fourth-order valence-corrected chi connectivity index (χ4v) is 1.59. The van der Waals surface area contributed by atoms with Crippen LogP contribution in [0.3, 0.4) is 0 Å². The van der Waals surface area contributed by atoms with E-state index < -0.39 is 0 Å². The van der Waals surface area contributed by atoms with Gasteiger partial charge in [-0.05, 0) is 25.5 Å². The summed E-state index contributed by atoms with van der Waals surface area (Å²) in [7, 11) is 0. The average molecular weight is 192 g/mol. The number of Topliss-reactive ketones (excluding diaryl/α,β-unsaturated/α-hetero) is 1. The third-order valence-electron chi connectivity index (χ3n) is 2.41. The van der Waals surface area contributed by atoms with Gasteiger partial charge in [0.2, 0.25) is 0 Å². The van der Waals surface area contributed by atoms with Crippen LogP contribution in [-0.2, 0) is 11.3 Å². The molecule has 1 aliphatic rings. The number of carbonyl (C=O) groups is 1. The van der Waals surface area contributed by atoms with Crippen LogP contribution in [0, 0.1) is 6.92 Å². The van der Waals surface area contributed by atoms with Gasteiger partial charge in [0.1, 0.15) is 5.75 Å².